The maximum Gasteiger partial charge on any atom is 0.253 e. The molecule has 0 saturated heterocycles. The Labute approximate surface area is 202 Å². The van der Waals surface area contributed by atoms with Gasteiger partial charge in [0.25, 0.3) is 5.91 Å². The molecule has 0 radical (unpaired) electrons. The molecule has 0 aliphatic heterocycles. The van der Waals surface area contributed by atoms with Crippen molar-refractivity contribution < 1.29 is 18.0 Å². The van der Waals surface area contributed by atoms with E-state index in [0.29, 0.717) is 15.8 Å². The van der Waals surface area contributed by atoms with Crippen LogP contribution in [0.3, 0.4) is 0 Å². The maximum atomic E-state index is 12.9. The summed E-state index contributed by atoms with van der Waals surface area (Å²) in [6, 6.07) is 22.6. The number of nitrogens with one attached hydrogen (secondary N) is 2. The lowest BCUT2D eigenvalue weighted by atomic mass is 10.1. The first-order chi connectivity index (χ1) is 15.7. The van der Waals surface area contributed by atoms with Crippen molar-refractivity contribution in [1.82, 2.24) is 5.32 Å². The summed E-state index contributed by atoms with van der Waals surface area (Å²) in [6.45, 7) is 1.42. The topological polar surface area (TPSA) is 95.6 Å². The molecule has 33 heavy (non-hydrogen) atoms. The van der Waals surface area contributed by atoms with Crippen LogP contribution in [0.1, 0.15) is 28.9 Å². The summed E-state index contributed by atoms with van der Waals surface area (Å²) in [5, 5.41) is 5.60. The molecule has 0 saturated carbocycles. The van der Waals surface area contributed by atoms with E-state index in [-0.39, 0.29) is 17.5 Å². The number of benzene rings is 3. The predicted octanol–water partition coefficient (Wildman–Crippen LogP) is 4.34. The molecule has 0 spiro atoms. The number of carbonyl (C=O) groups is 2. The molecule has 0 bridgehead atoms. The second-order valence-corrected chi connectivity index (χ2v) is 10.2. The van der Waals surface area contributed by atoms with Crippen LogP contribution in [0.15, 0.2) is 83.3 Å². The molecule has 7 nitrogen and oxygen atoms in total. The van der Waals surface area contributed by atoms with E-state index >= 15 is 0 Å². The molecule has 3 aromatic carbocycles. The minimum atomic E-state index is -3.74. The van der Waals surface area contributed by atoms with E-state index in [4.69, 9.17) is 0 Å². The van der Waals surface area contributed by atoms with Crippen LogP contribution < -0.4 is 14.9 Å². The zero-order chi connectivity index (χ0) is 24.0. The van der Waals surface area contributed by atoms with Gasteiger partial charge in [-0.25, -0.2) is 8.42 Å². The van der Waals surface area contributed by atoms with Gasteiger partial charge < -0.3 is 10.6 Å². The van der Waals surface area contributed by atoms with E-state index in [1.807, 2.05) is 37.3 Å². The van der Waals surface area contributed by atoms with Gasteiger partial charge in [0, 0.05) is 4.47 Å². The normalized spacial score (nSPS) is 12.0. The molecule has 0 heterocycles. The lowest BCUT2D eigenvalue weighted by Gasteiger charge is -2.23. The van der Waals surface area contributed by atoms with Crippen LogP contribution in [0.4, 0.5) is 11.4 Å². The summed E-state index contributed by atoms with van der Waals surface area (Å²) >= 11 is 3.33. The van der Waals surface area contributed by atoms with Crippen molar-refractivity contribution in [2.75, 3.05) is 22.4 Å². The van der Waals surface area contributed by atoms with Crippen molar-refractivity contribution in [1.29, 1.82) is 0 Å². The van der Waals surface area contributed by atoms with E-state index < -0.39 is 22.5 Å². The first kappa shape index (κ1) is 24.5. The molecule has 2 amide bonds. The molecule has 0 aliphatic rings. The fraction of sp³-hybridized carbons (Fsp3) is 0.167. The van der Waals surface area contributed by atoms with E-state index in [2.05, 4.69) is 26.6 Å². The number of rotatable bonds is 8. The third-order valence-corrected chi connectivity index (χ3v) is 6.70. The first-order valence-corrected chi connectivity index (χ1v) is 12.8. The first-order valence-electron chi connectivity index (χ1n) is 10.1. The van der Waals surface area contributed by atoms with Gasteiger partial charge in [0.2, 0.25) is 15.9 Å². The van der Waals surface area contributed by atoms with Crippen LogP contribution in [-0.2, 0) is 14.8 Å². The largest absolute Gasteiger partial charge is 0.345 e. The van der Waals surface area contributed by atoms with Gasteiger partial charge in [0.05, 0.1) is 29.2 Å². The monoisotopic (exact) mass is 529 g/mol. The van der Waals surface area contributed by atoms with Gasteiger partial charge in [-0.1, -0.05) is 54.6 Å². The number of carbonyl (C=O) groups excluding carboxylic acids is 2. The summed E-state index contributed by atoms with van der Waals surface area (Å²) in [5.41, 5.74) is 1.86. The van der Waals surface area contributed by atoms with E-state index in [1.165, 1.54) is 0 Å². The van der Waals surface area contributed by atoms with E-state index in [0.717, 1.165) is 16.1 Å². The van der Waals surface area contributed by atoms with E-state index in [9.17, 15) is 18.0 Å². The molecule has 0 aliphatic carbocycles. The molecule has 0 aromatic heterocycles. The molecule has 172 valence electrons. The van der Waals surface area contributed by atoms with Crippen LogP contribution in [0.2, 0.25) is 0 Å². The summed E-state index contributed by atoms with van der Waals surface area (Å²) in [5.74, 6) is -0.930. The highest BCUT2D eigenvalue weighted by molar-refractivity contribution is 9.10. The maximum absolute atomic E-state index is 12.9. The molecule has 2 N–H and O–H groups in total. The molecule has 1 atom stereocenters. The number of nitrogens with zero attached hydrogens (tertiary/aromatic N) is 1. The summed E-state index contributed by atoms with van der Waals surface area (Å²) in [6.07, 6.45) is 1.03. The number of hydrogen-bond donors (Lipinski definition) is 2. The van der Waals surface area contributed by atoms with Gasteiger partial charge in [-0.15, -0.1) is 0 Å². The zero-order valence-electron chi connectivity index (χ0n) is 18.2. The second-order valence-electron chi connectivity index (χ2n) is 7.42. The number of halogens is 1. The smallest absolute Gasteiger partial charge is 0.253 e. The number of para-hydroxylation sites is 2. The molecular weight excluding hydrogens is 506 g/mol. The minimum absolute atomic E-state index is 0.237. The summed E-state index contributed by atoms with van der Waals surface area (Å²) in [4.78, 5) is 25.7. The lowest BCUT2D eigenvalue weighted by molar-refractivity contribution is -0.114. The minimum Gasteiger partial charge on any atom is -0.345 e. The Balaban J connectivity index is 1.77. The molecule has 9 heteroatoms. The highest BCUT2D eigenvalue weighted by atomic mass is 79.9. The van der Waals surface area contributed by atoms with Gasteiger partial charge in [-0.05, 0) is 52.7 Å². The zero-order valence-corrected chi connectivity index (χ0v) is 20.6. The Morgan fingerprint density at radius 1 is 0.939 bits per heavy atom. The van der Waals surface area contributed by atoms with Gasteiger partial charge in [0.1, 0.15) is 6.54 Å². The molecular formula is C24H24BrN3O4S. The third kappa shape index (κ3) is 6.43. The summed E-state index contributed by atoms with van der Waals surface area (Å²) < 4.78 is 26.3. The Kier molecular flexibility index (Phi) is 7.88. The molecule has 0 fully saturated rings. The highest BCUT2D eigenvalue weighted by Crippen LogP contribution is 2.27. The fourth-order valence-electron chi connectivity index (χ4n) is 3.24. The average molecular weight is 530 g/mol. The Morgan fingerprint density at radius 2 is 1.55 bits per heavy atom. The third-order valence-electron chi connectivity index (χ3n) is 4.90. The van der Waals surface area contributed by atoms with Gasteiger partial charge in [-0.2, -0.15) is 0 Å². The van der Waals surface area contributed by atoms with Crippen LogP contribution in [0.25, 0.3) is 0 Å². The average Bonchev–Trinajstić information content (AvgIpc) is 2.78. The van der Waals surface area contributed by atoms with Gasteiger partial charge in [-0.3, -0.25) is 13.9 Å². The van der Waals surface area contributed by atoms with Crippen LogP contribution in [-0.4, -0.2) is 33.0 Å². The van der Waals surface area contributed by atoms with Gasteiger partial charge >= 0.3 is 0 Å². The fourth-order valence-corrected chi connectivity index (χ4v) is 4.73. The van der Waals surface area contributed by atoms with Crippen molar-refractivity contribution in [3.63, 3.8) is 0 Å². The number of amides is 2. The van der Waals surface area contributed by atoms with Crippen molar-refractivity contribution in [3.8, 4) is 0 Å². The van der Waals surface area contributed by atoms with Crippen LogP contribution in [0, 0.1) is 0 Å². The SMILES string of the molecule is C[C@@H](NC(=O)c1ccccc1NC(=O)CN(c1ccccc1Br)S(C)(=O)=O)c1ccccc1. The molecule has 0 unspecified atom stereocenters. The lowest BCUT2D eigenvalue weighted by Crippen LogP contribution is -2.38. The van der Waals surface area contributed by atoms with Crippen molar-refractivity contribution in [2.24, 2.45) is 0 Å². The highest BCUT2D eigenvalue weighted by Gasteiger charge is 2.23. The summed E-state index contributed by atoms with van der Waals surface area (Å²) in [7, 11) is -3.74. The Hall–Kier alpha value is -3.17. The van der Waals surface area contributed by atoms with Crippen LogP contribution >= 0.6 is 15.9 Å². The molecule has 3 aromatic rings. The number of sulfonamides is 1. The Bertz CT molecular complexity index is 1250. The van der Waals surface area contributed by atoms with E-state index in [1.54, 1.807) is 48.5 Å². The quantitative estimate of drug-likeness (QED) is 0.453. The van der Waals surface area contributed by atoms with Crippen molar-refractivity contribution >= 4 is 49.1 Å². The second kappa shape index (κ2) is 10.6. The van der Waals surface area contributed by atoms with Crippen molar-refractivity contribution in [3.05, 3.63) is 94.5 Å². The number of hydrogen-bond acceptors (Lipinski definition) is 4. The predicted molar refractivity (Wildman–Crippen MR) is 134 cm³/mol. The molecule has 3 rings (SSSR count). The van der Waals surface area contributed by atoms with Gasteiger partial charge in [0.15, 0.2) is 0 Å². The standard InChI is InChI=1S/C24H24BrN3O4S/c1-17(18-10-4-3-5-11-18)26-24(30)19-12-6-8-14-21(19)27-23(29)16-28(33(2,31)32)22-15-9-7-13-20(22)25/h3-15,17H,16H2,1-2H3,(H,26,30)(H,27,29)/t17-/m1/s1. The van der Waals surface area contributed by atoms with Crippen molar-refractivity contribution in [2.45, 2.75) is 13.0 Å². The van der Waals surface area contributed by atoms with Crippen LogP contribution in [0.5, 0.6) is 0 Å². The number of anilines is 2. The Morgan fingerprint density at radius 3 is 2.21 bits per heavy atom.